The van der Waals surface area contributed by atoms with Crippen LogP contribution in [0.2, 0.25) is 0 Å². The number of nitrogens with zero attached hydrogens (tertiary/aromatic N) is 3. The van der Waals surface area contributed by atoms with Gasteiger partial charge in [-0.1, -0.05) is 13.8 Å². The summed E-state index contributed by atoms with van der Waals surface area (Å²) in [6.07, 6.45) is 6.45. The number of carbonyl (C=O) groups excluding carboxylic acids is 6. The number of aliphatic hydroxyl groups excluding tert-OH is 1. The lowest BCUT2D eigenvalue weighted by molar-refractivity contribution is -0.142. The molecular weight excluding hydrogens is 744 g/mol. The number of amides is 6. The molecule has 3 rings (SSSR count). The molecule has 0 unspecified atom stereocenters. The Labute approximate surface area is 330 Å². The van der Waals surface area contributed by atoms with Crippen molar-refractivity contribution >= 4 is 41.4 Å². The number of aromatic amines is 2. The summed E-state index contributed by atoms with van der Waals surface area (Å²) >= 11 is 0. The third kappa shape index (κ3) is 14.2. The van der Waals surface area contributed by atoms with Crippen molar-refractivity contribution in [2.24, 2.45) is 17.4 Å². The number of carbonyl (C=O) groups is 7. The fourth-order valence-electron chi connectivity index (χ4n) is 6.38. The number of nitrogens with two attached hydrogens (primary N) is 2. The number of H-pyrrole nitrogens is 2. The number of unbranched alkanes of at least 4 members (excludes halogenated alkanes) is 1. The largest absolute Gasteiger partial charge is 0.480 e. The standard InChI is InChI=1S/C36H58N12O9/c1-19(2)12-26(45-30(50)20(3)43-33(53)28-9-7-11-48(28)35(55)24(38)13-22-15-39-17-41-22)32(52)47-29(21(4)49)34(54)44-25(8-5-6-10-37)31(51)46-27(36(56)57)14-23-16-40-18-42-23/h15-21,24-29,49H,5-14,37-38H2,1-4H3,(H,39,41)(H,40,42)(H,43,53)(H,44,54)(H,45,50)(H,46,51)(H,47,52)(H,56,57)/t20-,21+,24-,25-,26-,27-,28-,29-/m0/s1. The molecule has 0 bridgehead atoms. The molecule has 57 heavy (non-hydrogen) atoms. The molecule has 6 amide bonds. The summed E-state index contributed by atoms with van der Waals surface area (Å²) in [4.78, 5) is 107. The van der Waals surface area contributed by atoms with E-state index in [0.717, 1.165) is 0 Å². The Morgan fingerprint density at radius 3 is 1.98 bits per heavy atom. The van der Waals surface area contributed by atoms with Gasteiger partial charge in [0.2, 0.25) is 35.4 Å². The molecule has 0 aliphatic carbocycles. The normalized spacial score (nSPS) is 17.7. The molecular formula is C36H58N12O9. The van der Waals surface area contributed by atoms with Crippen LogP contribution in [0.1, 0.15) is 77.6 Å². The summed E-state index contributed by atoms with van der Waals surface area (Å²) in [5.41, 5.74) is 12.9. The number of carboxylic acids is 1. The van der Waals surface area contributed by atoms with Crippen molar-refractivity contribution in [3.05, 3.63) is 36.4 Å². The highest BCUT2D eigenvalue weighted by Crippen LogP contribution is 2.19. The van der Waals surface area contributed by atoms with Crippen molar-refractivity contribution in [1.82, 2.24) is 51.4 Å². The van der Waals surface area contributed by atoms with Crippen LogP contribution in [0.25, 0.3) is 0 Å². The molecule has 316 valence electrons. The van der Waals surface area contributed by atoms with Crippen LogP contribution in [0.3, 0.4) is 0 Å². The van der Waals surface area contributed by atoms with Gasteiger partial charge < -0.3 is 63.1 Å². The minimum atomic E-state index is -1.59. The van der Waals surface area contributed by atoms with Gasteiger partial charge in [-0.05, 0) is 64.8 Å². The van der Waals surface area contributed by atoms with Gasteiger partial charge in [-0.15, -0.1) is 0 Å². The number of carboxylic acid groups (broad SMARTS) is 1. The van der Waals surface area contributed by atoms with E-state index < -0.39 is 89.8 Å². The predicted molar refractivity (Wildman–Crippen MR) is 204 cm³/mol. The first kappa shape index (κ1) is 46.0. The Kier molecular flexibility index (Phi) is 18.0. The number of likely N-dealkylation sites (tertiary alicyclic amines) is 1. The zero-order valence-corrected chi connectivity index (χ0v) is 32.8. The number of nitrogens with one attached hydrogen (secondary N) is 7. The smallest absolute Gasteiger partial charge is 0.326 e. The number of rotatable bonds is 23. The van der Waals surface area contributed by atoms with Crippen LogP contribution in [-0.2, 0) is 46.4 Å². The fourth-order valence-corrected chi connectivity index (χ4v) is 6.38. The van der Waals surface area contributed by atoms with Crippen LogP contribution < -0.4 is 38.1 Å². The van der Waals surface area contributed by atoms with Crippen LogP contribution >= 0.6 is 0 Å². The van der Waals surface area contributed by atoms with E-state index >= 15 is 0 Å². The second-order valence-corrected chi connectivity index (χ2v) is 14.8. The predicted octanol–water partition coefficient (Wildman–Crippen LogP) is -2.68. The Balaban J connectivity index is 1.66. The van der Waals surface area contributed by atoms with Gasteiger partial charge in [0.05, 0.1) is 24.8 Å². The zero-order chi connectivity index (χ0) is 42.2. The summed E-state index contributed by atoms with van der Waals surface area (Å²) in [6.45, 7) is 6.91. The van der Waals surface area contributed by atoms with Crippen molar-refractivity contribution in [2.45, 2.75) is 127 Å². The second kappa shape index (κ2) is 22.4. The van der Waals surface area contributed by atoms with Gasteiger partial charge in [0.1, 0.15) is 36.3 Å². The van der Waals surface area contributed by atoms with Crippen LogP contribution in [0.15, 0.2) is 25.0 Å². The lowest BCUT2D eigenvalue weighted by Gasteiger charge is -2.29. The van der Waals surface area contributed by atoms with Crippen LogP contribution in [0, 0.1) is 5.92 Å². The molecule has 1 aliphatic heterocycles. The third-order valence-corrected chi connectivity index (χ3v) is 9.48. The molecule has 8 atom stereocenters. The van der Waals surface area contributed by atoms with Crippen molar-refractivity contribution in [3.63, 3.8) is 0 Å². The van der Waals surface area contributed by atoms with E-state index in [1.54, 1.807) is 20.0 Å². The van der Waals surface area contributed by atoms with Crippen LogP contribution in [0.4, 0.5) is 0 Å². The lowest BCUT2D eigenvalue weighted by Crippen LogP contribution is -2.61. The monoisotopic (exact) mass is 802 g/mol. The number of aromatic nitrogens is 4. The number of aliphatic hydroxyl groups is 1. The van der Waals surface area contributed by atoms with Gasteiger partial charge in [-0.25, -0.2) is 14.8 Å². The molecule has 0 saturated carbocycles. The average Bonchev–Trinajstić information content (AvgIpc) is 3.96. The number of aliphatic carboxylic acids is 1. The summed E-state index contributed by atoms with van der Waals surface area (Å²) in [6, 6.07) is -8.31. The Morgan fingerprint density at radius 2 is 1.42 bits per heavy atom. The molecule has 0 aromatic carbocycles. The number of hydrogen-bond donors (Lipinski definition) is 11. The average molecular weight is 803 g/mol. The molecule has 2 aromatic rings. The molecule has 1 fully saturated rings. The van der Waals surface area contributed by atoms with E-state index in [9.17, 15) is 43.8 Å². The maximum atomic E-state index is 13.7. The topological polar surface area (TPSA) is 333 Å². The van der Waals surface area contributed by atoms with Crippen molar-refractivity contribution in [1.29, 1.82) is 0 Å². The van der Waals surface area contributed by atoms with E-state index in [2.05, 4.69) is 46.5 Å². The Hall–Kier alpha value is -5.41. The molecule has 13 N–H and O–H groups in total. The van der Waals surface area contributed by atoms with Gasteiger partial charge in [0.15, 0.2) is 0 Å². The molecule has 21 heteroatoms. The van der Waals surface area contributed by atoms with Gasteiger partial charge in [-0.3, -0.25) is 28.8 Å². The molecule has 1 aliphatic rings. The first-order chi connectivity index (χ1) is 27.0. The highest BCUT2D eigenvalue weighted by molar-refractivity contribution is 5.97. The van der Waals surface area contributed by atoms with E-state index in [1.807, 2.05) is 0 Å². The second-order valence-electron chi connectivity index (χ2n) is 14.8. The van der Waals surface area contributed by atoms with Gasteiger partial charge in [-0.2, -0.15) is 0 Å². The van der Waals surface area contributed by atoms with Crippen molar-refractivity contribution in [2.75, 3.05) is 13.1 Å². The van der Waals surface area contributed by atoms with Crippen molar-refractivity contribution < 1.29 is 43.8 Å². The fraction of sp³-hybridized carbons (Fsp3) is 0.639. The Bertz CT molecular complexity index is 1640. The summed E-state index contributed by atoms with van der Waals surface area (Å²) in [5, 5.41) is 33.0. The molecule has 0 spiro atoms. The third-order valence-electron chi connectivity index (χ3n) is 9.48. The van der Waals surface area contributed by atoms with Gasteiger partial charge in [0.25, 0.3) is 0 Å². The minimum Gasteiger partial charge on any atom is -0.480 e. The van der Waals surface area contributed by atoms with E-state index in [1.165, 1.54) is 37.6 Å². The van der Waals surface area contributed by atoms with Gasteiger partial charge in [0, 0.05) is 43.2 Å². The molecule has 0 radical (unpaired) electrons. The Morgan fingerprint density at radius 1 is 0.825 bits per heavy atom. The lowest BCUT2D eigenvalue weighted by atomic mass is 10.0. The summed E-state index contributed by atoms with van der Waals surface area (Å²) < 4.78 is 0. The van der Waals surface area contributed by atoms with Crippen LogP contribution in [-0.4, -0.2) is 138 Å². The van der Waals surface area contributed by atoms with Crippen molar-refractivity contribution in [3.8, 4) is 0 Å². The van der Waals surface area contributed by atoms with Gasteiger partial charge >= 0.3 is 5.97 Å². The first-order valence-electron chi connectivity index (χ1n) is 19.2. The quantitative estimate of drug-likeness (QED) is 0.0511. The summed E-state index contributed by atoms with van der Waals surface area (Å²) in [5.74, 6) is -5.68. The van der Waals surface area contributed by atoms with Crippen LogP contribution in [0.5, 0.6) is 0 Å². The van der Waals surface area contributed by atoms with E-state index in [-0.39, 0.29) is 31.6 Å². The maximum absolute atomic E-state index is 13.7. The number of hydrogen-bond acceptors (Lipinski definition) is 12. The molecule has 21 nitrogen and oxygen atoms in total. The van der Waals surface area contributed by atoms with E-state index in [4.69, 9.17) is 11.5 Å². The zero-order valence-electron chi connectivity index (χ0n) is 32.8. The number of imidazole rings is 2. The molecule has 1 saturated heterocycles. The first-order valence-corrected chi connectivity index (χ1v) is 19.2. The maximum Gasteiger partial charge on any atom is 0.326 e. The highest BCUT2D eigenvalue weighted by Gasteiger charge is 2.38. The van der Waals surface area contributed by atoms with E-state index in [0.29, 0.717) is 50.2 Å². The molecule has 2 aromatic heterocycles. The summed E-state index contributed by atoms with van der Waals surface area (Å²) in [7, 11) is 0. The SMILES string of the molecule is CC(C)C[C@H](NC(=O)[C@H](C)NC(=O)[C@@H]1CCCN1C(=O)[C@@H](N)Cc1cnc[nH]1)C(=O)N[C@H](C(=O)N[C@@H](CCCCN)C(=O)N[C@@H](Cc1cnc[nH]1)C(=O)O)[C@@H](C)O. The molecule has 3 heterocycles. The highest BCUT2D eigenvalue weighted by atomic mass is 16.4. The minimum absolute atomic E-state index is 0.0754.